The minimum atomic E-state index is -5.08. The molecule has 1 fully saturated rings. The SMILES string of the molecule is CN1CCCN(C(=O)c2nc3c(o2)CN(C(=O)c2cccnc2)C3)CC1.O=C(O)C(F)(F)F.O=C(O)C(F)(F)F. The van der Waals surface area contributed by atoms with Crippen LogP contribution in [0.3, 0.4) is 0 Å². The predicted molar refractivity (Wildman–Crippen MR) is 120 cm³/mol. The summed E-state index contributed by atoms with van der Waals surface area (Å²) in [4.78, 5) is 56.9. The van der Waals surface area contributed by atoms with Crippen molar-refractivity contribution >= 4 is 23.8 Å². The zero-order valence-corrected chi connectivity index (χ0v) is 20.7. The molecule has 4 rings (SSSR count). The number of pyridine rings is 1. The molecule has 2 aromatic heterocycles. The van der Waals surface area contributed by atoms with E-state index in [0.717, 1.165) is 19.5 Å². The highest BCUT2D eigenvalue weighted by Crippen LogP contribution is 2.25. The van der Waals surface area contributed by atoms with E-state index in [-0.39, 0.29) is 17.7 Å². The fraction of sp³-hybridized carbons (Fsp3) is 0.455. The van der Waals surface area contributed by atoms with Crippen LogP contribution in [-0.4, -0.2) is 104 Å². The van der Waals surface area contributed by atoms with Crippen LogP contribution in [0.5, 0.6) is 0 Å². The molecule has 2 N–H and O–H groups in total. The summed E-state index contributed by atoms with van der Waals surface area (Å²) >= 11 is 0. The number of carbonyl (C=O) groups is 4. The van der Waals surface area contributed by atoms with Gasteiger partial charge in [-0.2, -0.15) is 26.3 Å². The van der Waals surface area contributed by atoms with Gasteiger partial charge in [0.05, 0.1) is 18.7 Å². The Morgan fingerprint density at radius 2 is 1.48 bits per heavy atom. The second-order valence-electron chi connectivity index (χ2n) is 8.35. The van der Waals surface area contributed by atoms with Gasteiger partial charge < -0.3 is 29.3 Å². The summed E-state index contributed by atoms with van der Waals surface area (Å²) in [5.41, 5.74) is 1.19. The molecular weight excluding hydrogens is 560 g/mol. The molecule has 1 saturated heterocycles. The van der Waals surface area contributed by atoms with Gasteiger partial charge in [0.25, 0.3) is 11.8 Å². The van der Waals surface area contributed by atoms with Gasteiger partial charge in [0, 0.05) is 32.0 Å². The Kier molecular flexibility index (Phi) is 10.6. The summed E-state index contributed by atoms with van der Waals surface area (Å²) in [6.45, 7) is 3.89. The number of carbonyl (C=O) groups excluding carboxylic acids is 2. The number of halogens is 6. The van der Waals surface area contributed by atoms with Gasteiger partial charge in [-0.3, -0.25) is 14.6 Å². The highest BCUT2D eigenvalue weighted by molar-refractivity contribution is 5.94. The van der Waals surface area contributed by atoms with Gasteiger partial charge in [-0.15, -0.1) is 0 Å². The normalized spacial score (nSPS) is 15.6. The molecule has 2 aliphatic rings. The van der Waals surface area contributed by atoms with Crippen LogP contribution in [0.15, 0.2) is 28.9 Å². The monoisotopic (exact) mass is 583 g/mol. The van der Waals surface area contributed by atoms with Crippen LogP contribution in [0, 0.1) is 0 Å². The smallest absolute Gasteiger partial charge is 0.475 e. The molecule has 18 heteroatoms. The van der Waals surface area contributed by atoms with Crippen molar-refractivity contribution in [3.8, 4) is 0 Å². The maximum Gasteiger partial charge on any atom is 0.490 e. The Bertz CT molecular complexity index is 1160. The first-order chi connectivity index (χ1) is 18.5. The lowest BCUT2D eigenvalue weighted by molar-refractivity contribution is -0.193. The number of alkyl halides is 6. The Hall–Kier alpha value is -4.22. The van der Waals surface area contributed by atoms with E-state index in [4.69, 9.17) is 24.2 Å². The fourth-order valence-electron chi connectivity index (χ4n) is 3.33. The number of hydrogen-bond acceptors (Lipinski definition) is 8. The summed E-state index contributed by atoms with van der Waals surface area (Å²) in [5.74, 6) is -5.07. The minimum absolute atomic E-state index is 0.116. The molecule has 0 aromatic carbocycles. The van der Waals surface area contributed by atoms with Crippen molar-refractivity contribution in [1.29, 1.82) is 0 Å². The molecule has 2 aliphatic heterocycles. The fourth-order valence-corrected chi connectivity index (χ4v) is 3.33. The lowest BCUT2D eigenvalue weighted by Gasteiger charge is -2.19. The van der Waals surface area contributed by atoms with Crippen LogP contribution in [0.4, 0.5) is 26.3 Å². The largest absolute Gasteiger partial charge is 0.490 e. The maximum absolute atomic E-state index is 12.7. The lowest BCUT2D eigenvalue weighted by Crippen LogP contribution is -2.34. The van der Waals surface area contributed by atoms with Crippen molar-refractivity contribution in [2.24, 2.45) is 0 Å². The van der Waals surface area contributed by atoms with Gasteiger partial charge >= 0.3 is 30.2 Å². The number of aromatic nitrogens is 2. The summed E-state index contributed by atoms with van der Waals surface area (Å²) in [5, 5.41) is 14.2. The molecule has 0 spiro atoms. The molecule has 0 atom stereocenters. The molecule has 2 amide bonds. The zero-order chi connectivity index (χ0) is 30.3. The molecule has 12 nitrogen and oxygen atoms in total. The number of hydrogen-bond donors (Lipinski definition) is 2. The van der Waals surface area contributed by atoms with Gasteiger partial charge in [0.15, 0.2) is 0 Å². The Morgan fingerprint density at radius 1 is 0.875 bits per heavy atom. The molecule has 40 heavy (non-hydrogen) atoms. The van der Waals surface area contributed by atoms with Gasteiger partial charge in [-0.25, -0.2) is 14.6 Å². The Balaban J connectivity index is 0.000000333. The maximum atomic E-state index is 12.7. The zero-order valence-electron chi connectivity index (χ0n) is 20.7. The van der Waals surface area contributed by atoms with Crippen molar-refractivity contribution in [1.82, 2.24) is 24.7 Å². The number of carboxylic acids is 2. The lowest BCUT2D eigenvalue weighted by atomic mass is 10.2. The number of carboxylic acid groups (broad SMARTS) is 2. The molecule has 0 radical (unpaired) electrons. The summed E-state index contributed by atoms with van der Waals surface area (Å²) in [6, 6.07) is 3.46. The topological polar surface area (TPSA) is 157 Å². The van der Waals surface area contributed by atoms with E-state index in [0.29, 0.717) is 43.2 Å². The Morgan fingerprint density at radius 3 is 1.98 bits per heavy atom. The van der Waals surface area contributed by atoms with Gasteiger partial charge in [0.1, 0.15) is 11.5 Å². The molecule has 0 saturated carbocycles. The van der Waals surface area contributed by atoms with Crippen molar-refractivity contribution in [2.75, 3.05) is 33.2 Å². The van der Waals surface area contributed by atoms with Gasteiger partial charge in [-0.05, 0) is 32.1 Å². The number of fused-ring (bicyclic) bond motifs is 1. The molecular formula is C22H23F6N5O7. The van der Waals surface area contributed by atoms with Crippen molar-refractivity contribution in [3.05, 3.63) is 47.4 Å². The third-order valence-corrected chi connectivity index (χ3v) is 5.32. The first-order valence-electron chi connectivity index (χ1n) is 11.3. The molecule has 220 valence electrons. The van der Waals surface area contributed by atoms with Crippen LogP contribution in [0.25, 0.3) is 0 Å². The standard InChI is InChI=1S/C18H21N5O3.2C2HF3O2/c1-21-6-3-7-22(9-8-21)18(25)16-20-14-11-23(12-15(14)26-16)17(24)13-4-2-5-19-10-13;2*3-2(4,5)1(6)7/h2,4-5,10H,3,6-9,11-12H2,1H3;2*(H,6,7). The van der Waals surface area contributed by atoms with Crippen molar-refractivity contribution in [3.63, 3.8) is 0 Å². The summed E-state index contributed by atoms with van der Waals surface area (Å²) in [6.07, 6.45) is -6.05. The average Bonchev–Trinajstić information content (AvgIpc) is 3.37. The second kappa shape index (κ2) is 13.2. The van der Waals surface area contributed by atoms with E-state index in [2.05, 4.69) is 21.9 Å². The number of aliphatic carboxylic acids is 2. The minimum Gasteiger partial charge on any atom is -0.475 e. The van der Waals surface area contributed by atoms with Crippen LogP contribution in [0.1, 0.15) is 38.9 Å². The number of oxazole rings is 1. The Labute approximate surface area is 221 Å². The number of likely N-dealkylation sites (N-methyl/N-ethyl adjacent to an activating group) is 1. The van der Waals surface area contributed by atoms with E-state index < -0.39 is 24.3 Å². The second-order valence-corrected chi connectivity index (χ2v) is 8.35. The number of nitrogens with zero attached hydrogens (tertiary/aromatic N) is 5. The third-order valence-electron chi connectivity index (χ3n) is 5.32. The van der Waals surface area contributed by atoms with Crippen LogP contribution in [-0.2, 0) is 22.7 Å². The number of rotatable bonds is 2. The van der Waals surface area contributed by atoms with E-state index in [1.807, 2.05) is 0 Å². The van der Waals surface area contributed by atoms with Crippen molar-refractivity contribution < 1.29 is 60.2 Å². The summed E-state index contributed by atoms with van der Waals surface area (Å²) < 4.78 is 69.2. The van der Waals surface area contributed by atoms with E-state index in [9.17, 15) is 35.9 Å². The summed E-state index contributed by atoms with van der Waals surface area (Å²) in [7, 11) is 2.06. The molecule has 0 unspecified atom stereocenters. The van der Waals surface area contributed by atoms with E-state index in [1.165, 1.54) is 0 Å². The molecule has 0 bridgehead atoms. The van der Waals surface area contributed by atoms with Crippen LogP contribution < -0.4 is 0 Å². The molecule has 0 aliphatic carbocycles. The average molecular weight is 583 g/mol. The van der Waals surface area contributed by atoms with Crippen LogP contribution >= 0.6 is 0 Å². The highest BCUT2D eigenvalue weighted by Gasteiger charge is 2.39. The quantitative estimate of drug-likeness (QED) is 0.503. The van der Waals surface area contributed by atoms with Crippen molar-refractivity contribution in [2.45, 2.75) is 31.9 Å². The van der Waals surface area contributed by atoms with Gasteiger partial charge in [-0.1, -0.05) is 0 Å². The van der Waals surface area contributed by atoms with E-state index >= 15 is 0 Å². The van der Waals surface area contributed by atoms with E-state index in [1.54, 1.807) is 34.3 Å². The number of amides is 2. The first-order valence-corrected chi connectivity index (χ1v) is 11.3. The molecule has 4 heterocycles. The first kappa shape index (κ1) is 32.0. The molecule has 2 aromatic rings. The predicted octanol–water partition coefficient (Wildman–Crippen LogP) is 2.27. The van der Waals surface area contributed by atoms with Gasteiger partial charge in [0.2, 0.25) is 0 Å². The van der Waals surface area contributed by atoms with Crippen LogP contribution in [0.2, 0.25) is 0 Å². The third kappa shape index (κ3) is 9.21. The highest BCUT2D eigenvalue weighted by atomic mass is 19.4.